The normalized spacial score (nSPS) is 15.9. The first-order valence-electron chi connectivity index (χ1n) is 10.4. The summed E-state index contributed by atoms with van der Waals surface area (Å²) in [5.41, 5.74) is 1.59. The largest absolute Gasteiger partial charge is 0.503 e. The zero-order valence-corrected chi connectivity index (χ0v) is 17.9. The minimum Gasteiger partial charge on any atom is -0.503 e. The van der Waals surface area contributed by atoms with Gasteiger partial charge < -0.3 is 14.9 Å². The van der Waals surface area contributed by atoms with Gasteiger partial charge in [-0.2, -0.15) is 0 Å². The van der Waals surface area contributed by atoms with Gasteiger partial charge in [-0.25, -0.2) is 4.39 Å². The highest BCUT2D eigenvalue weighted by atomic mass is 19.1. The van der Waals surface area contributed by atoms with Gasteiger partial charge >= 0.3 is 0 Å². The van der Waals surface area contributed by atoms with Crippen molar-refractivity contribution >= 4 is 5.91 Å². The maximum atomic E-state index is 14.2. The van der Waals surface area contributed by atoms with Crippen LogP contribution in [0.2, 0.25) is 0 Å². The molecule has 0 atom stereocenters. The zero-order valence-electron chi connectivity index (χ0n) is 17.9. The van der Waals surface area contributed by atoms with Crippen LogP contribution in [0.3, 0.4) is 0 Å². The number of halogens is 1. The molecule has 162 valence electrons. The molecule has 0 aliphatic carbocycles. The molecule has 2 heterocycles. The Morgan fingerprint density at radius 1 is 1.37 bits per heavy atom. The molecule has 0 unspecified atom stereocenters. The van der Waals surface area contributed by atoms with Crippen LogP contribution in [0.4, 0.5) is 4.39 Å². The summed E-state index contributed by atoms with van der Waals surface area (Å²) in [4.78, 5) is 20.7. The fraction of sp³-hybridized carbons (Fsp3) is 0.417. The lowest BCUT2D eigenvalue weighted by Crippen LogP contribution is -2.40. The molecule has 1 saturated heterocycles. The SMILES string of the molecule is C=C/C=C\C(F)=C\N(CC1CCN(CCc2ccccn2)CC1)C(=O)C(O)=C(C)C. The number of nitrogens with zero attached hydrogens (tertiary/aromatic N) is 3. The van der Waals surface area contributed by atoms with Crippen LogP contribution in [0.15, 0.2) is 72.6 Å². The molecule has 1 aliphatic rings. The monoisotopic (exact) mass is 413 g/mol. The fourth-order valence-electron chi connectivity index (χ4n) is 3.39. The summed E-state index contributed by atoms with van der Waals surface area (Å²) >= 11 is 0. The van der Waals surface area contributed by atoms with Gasteiger partial charge in [0, 0.05) is 37.6 Å². The van der Waals surface area contributed by atoms with Gasteiger partial charge in [-0.05, 0) is 69.5 Å². The lowest BCUT2D eigenvalue weighted by Gasteiger charge is -2.34. The number of hydrogen-bond donors (Lipinski definition) is 1. The Hall–Kier alpha value is -2.73. The molecular weight excluding hydrogens is 381 g/mol. The topological polar surface area (TPSA) is 56.7 Å². The number of amides is 1. The van der Waals surface area contributed by atoms with Crippen molar-refractivity contribution in [3.63, 3.8) is 0 Å². The molecule has 2 rings (SSSR count). The number of carbonyl (C=O) groups is 1. The zero-order chi connectivity index (χ0) is 21.9. The molecule has 1 aromatic heterocycles. The van der Waals surface area contributed by atoms with E-state index in [2.05, 4.69) is 16.5 Å². The molecule has 1 aliphatic heterocycles. The van der Waals surface area contributed by atoms with E-state index in [0.29, 0.717) is 12.1 Å². The standard InChI is InChI=1S/C24H32FN3O2/c1-4-5-8-21(25)18-28(24(30)23(29)19(2)3)17-20-10-14-27(15-11-20)16-12-22-9-6-7-13-26-22/h4-9,13,18,20,29H,1,10-12,14-17H2,2-3H3/b8-5-,21-18-. The molecule has 1 fully saturated rings. The Labute approximate surface area is 178 Å². The van der Waals surface area contributed by atoms with E-state index in [4.69, 9.17) is 0 Å². The van der Waals surface area contributed by atoms with Crippen molar-refractivity contribution in [3.8, 4) is 0 Å². The lowest BCUT2D eigenvalue weighted by molar-refractivity contribution is -0.128. The van der Waals surface area contributed by atoms with Crippen LogP contribution in [-0.4, -0.2) is 52.0 Å². The van der Waals surface area contributed by atoms with Gasteiger partial charge in [-0.1, -0.05) is 24.8 Å². The molecule has 30 heavy (non-hydrogen) atoms. The Bertz CT molecular complexity index is 790. The Kier molecular flexibility index (Phi) is 9.48. The van der Waals surface area contributed by atoms with Crippen molar-refractivity contribution in [3.05, 3.63) is 78.3 Å². The molecule has 0 spiro atoms. The van der Waals surface area contributed by atoms with E-state index in [0.717, 1.165) is 50.8 Å². The van der Waals surface area contributed by atoms with Gasteiger partial charge in [0.1, 0.15) is 5.83 Å². The highest BCUT2D eigenvalue weighted by Gasteiger charge is 2.25. The van der Waals surface area contributed by atoms with Crippen LogP contribution < -0.4 is 0 Å². The van der Waals surface area contributed by atoms with E-state index >= 15 is 0 Å². The van der Waals surface area contributed by atoms with Crippen LogP contribution >= 0.6 is 0 Å². The summed E-state index contributed by atoms with van der Waals surface area (Å²) in [6.45, 7) is 10.0. The third kappa shape index (κ3) is 7.59. The van der Waals surface area contributed by atoms with Gasteiger partial charge in [-0.15, -0.1) is 0 Å². The number of aromatic nitrogens is 1. The number of rotatable bonds is 9. The summed E-state index contributed by atoms with van der Waals surface area (Å²) < 4.78 is 14.2. The molecule has 0 aromatic carbocycles. The number of aliphatic hydroxyl groups excluding tert-OH is 1. The number of pyridine rings is 1. The third-order valence-corrected chi connectivity index (χ3v) is 5.18. The smallest absolute Gasteiger partial charge is 0.292 e. The van der Waals surface area contributed by atoms with Crippen molar-refractivity contribution in [2.75, 3.05) is 26.2 Å². The van der Waals surface area contributed by atoms with Crippen molar-refractivity contribution in [2.45, 2.75) is 33.1 Å². The first-order chi connectivity index (χ1) is 14.4. The molecule has 1 amide bonds. The van der Waals surface area contributed by atoms with E-state index in [-0.39, 0.29) is 11.7 Å². The fourth-order valence-corrected chi connectivity index (χ4v) is 3.39. The first-order valence-corrected chi connectivity index (χ1v) is 10.4. The van der Waals surface area contributed by atoms with Crippen molar-refractivity contribution in [1.29, 1.82) is 0 Å². The van der Waals surface area contributed by atoms with Crippen molar-refractivity contribution in [2.24, 2.45) is 5.92 Å². The maximum Gasteiger partial charge on any atom is 0.292 e. The molecule has 6 heteroatoms. The molecule has 0 radical (unpaired) electrons. The van der Waals surface area contributed by atoms with E-state index in [1.807, 2.05) is 24.4 Å². The van der Waals surface area contributed by atoms with Gasteiger partial charge in [0.25, 0.3) is 5.91 Å². The number of piperidine rings is 1. The summed E-state index contributed by atoms with van der Waals surface area (Å²) in [6, 6.07) is 5.95. The Morgan fingerprint density at radius 2 is 2.10 bits per heavy atom. The van der Waals surface area contributed by atoms with Crippen LogP contribution in [-0.2, 0) is 11.2 Å². The Morgan fingerprint density at radius 3 is 2.70 bits per heavy atom. The molecule has 1 N–H and O–H groups in total. The van der Waals surface area contributed by atoms with Gasteiger partial charge in [0.2, 0.25) is 0 Å². The van der Waals surface area contributed by atoms with E-state index in [1.165, 1.54) is 23.1 Å². The minimum atomic E-state index is -0.574. The number of allylic oxidation sites excluding steroid dienone is 5. The van der Waals surface area contributed by atoms with Gasteiger partial charge in [0.15, 0.2) is 5.76 Å². The summed E-state index contributed by atoms with van der Waals surface area (Å²) in [5.74, 6) is -1.22. The molecule has 0 saturated carbocycles. The highest BCUT2D eigenvalue weighted by Crippen LogP contribution is 2.21. The summed E-state index contributed by atoms with van der Waals surface area (Å²) in [5, 5.41) is 10.1. The van der Waals surface area contributed by atoms with Crippen LogP contribution in [0.1, 0.15) is 32.4 Å². The van der Waals surface area contributed by atoms with E-state index < -0.39 is 11.7 Å². The second-order valence-corrected chi connectivity index (χ2v) is 7.77. The number of hydrogen-bond acceptors (Lipinski definition) is 4. The van der Waals surface area contributed by atoms with Gasteiger partial charge in [-0.3, -0.25) is 9.78 Å². The number of carbonyl (C=O) groups excluding carboxylic acids is 1. The second kappa shape index (κ2) is 12.1. The van der Waals surface area contributed by atoms with Gasteiger partial charge in [0.05, 0.1) is 0 Å². The number of aliphatic hydroxyl groups is 1. The first kappa shape index (κ1) is 23.5. The van der Waals surface area contributed by atoms with Crippen LogP contribution in [0.25, 0.3) is 0 Å². The van der Waals surface area contributed by atoms with Crippen molar-refractivity contribution < 1.29 is 14.3 Å². The van der Waals surface area contributed by atoms with Crippen LogP contribution in [0.5, 0.6) is 0 Å². The number of likely N-dealkylation sites (tertiary alicyclic amines) is 1. The highest BCUT2D eigenvalue weighted by molar-refractivity contribution is 5.92. The minimum absolute atomic E-state index is 0.248. The predicted molar refractivity (Wildman–Crippen MR) is 118 cm³/mol. The maximum absolute atomic E-state index is 14.2. The molecule has 0 bridgehead atoms. The average molecular weight is 414 g/mol. The summed E-state index contributed by atoms with van der Waals surface area (Å²) in [7, 11) is 0. The lowest BCUT2D eigenvalue weighted by atomic mass is 9.96. The Balaban J connectivity index is 1.95. The quantitative estimate of drug-likeness (QED) is 0.366. The van der Waals surface area contributed by atoms with E-state index in [9.17, 15) is 14.3 Å². The van der Waals surface area contributed by atoms with Crippen LogP contribution in [0, 0.1) is 5.92 Å². The van der Waals surface area contributed by atoms with E-state index in [1.54, 1.807) is 13.8 Å². The third-order valence-electron chi connectivity index (χ3n) is 5.18. The average Bonchev–Trinajstić information content (AvgIpc) is 2.76. The predicted octanol–water partition coefficient (Wildman–Crippen LogP) is 4.57. The second-order valence-electron chi connectivity index (χ2n) is 7.77. The molecule has 1 aromatic rings. The summed E-state index contributed by atoms with van der Waals surface area (Å²) in [6.07, 6.45) is 9.89. The molecule has 5 nitrogen and oxygen atoms in total. The van der Waals surface area contributed by atoms with Crippen molar-refractivity contribution in [1.82, 2.24) is 14.8 Å². The molecular formula is C24H32FN3O2.